The molecule has 0 bridgehead atoms. The van der Waals surface area contributed by atoms with Crippen molar-refractivity contribution in [2.24, 2.45) is 11.8 Å². The summed E-state index contributed by atoms with van der Waals surface area (Å²) in [5, 5.41) is 0.923. The highest BCUT2D eigenvalue weighted by Gasteiger charge is 2.36. The fourth-order valence-corrected chi connectivity index (χ4v) is 1.99. The summed E-state index contributed by atoms with van der Waals surface area (Å²) in [5.41, 5.74) is 0. The van der Waals surface area contributed by atoms with E-state index in [0.717, 1.165) is 18.2 Å². The first-order chi connectivity index (χ1) is 4.79. The van der Waals surface area contributed by atoms with Crippen LogP contribution in [0.1, 0.15) is 12.8 Å². The minimum atomic E-state index is -0.0456. The molecule has 0 saturated heterocycles. The zero-order chi connectivity index (χ0) is 7.56. The number of methoxy groups -OCH3 is 1. The van der Waals surface area contributed by atoms with Gasteiger partial charge in [-0.1, -0.05) is 15.9 Å². The average molecular weight is 207 g/mol. The molecule has 1 aliphatic carbocycles. The molecule has 1 fully saturated rings. The molecule has 1 rings (SSSR count). The third-order valence-electron chi connectivity index (χ3n) is 2.12. The second kappa shape index (κ2) is 3.37. The minimum Gasteiger partial charge on any atom is -0.469 e. The second-order valence-electron chi connectivity index (χ2n) is 2.62. The van der Waals surface area contributed by atoms with E-state index >= 15 is 0 Å². The highest BCUT2D eigenvalue weighted by molar-refractivity contribution is 9.09. The summed E-state index contributed by atoms with van der Waals surface area (Å²) < 4.78 is 4.63. The first kappa shape index (κ1) is 8.05. The van der Waals surface area contributed by atoms with Crippen molar-refractivity contribution in [3.63, 3.8) is 0 Å². The molecule has 1 saturated carbocycles. The molecule has 0 radical (unpaired) electrons. The third kappa shape index (κ3) is 1.34. The number of carbonyl (C=O) groups excluding carboxylic acids is 1. The van der Waals surface area contributed by atoms with Crippen LogP contribution in [0.5, 0.6) is 0 Å². The Labute approximate surface area is 69.1 Å². The number of halogens is 1. The molecule has 10 heavy (non-hydrogen) atoms. The quantitative estimate of drug-likeness (QED) is 0.507. The molecule has 0 aromatic heterocycles. The average Bonchev–Trinajstić information content (AvgIpc) is 1.86. The Morgan fingerprint density at radius 1 is 1.70 bits per heavy atom. The molecule has 1 aliphatic rings. The molecule has 0 aromatic rings. The molecular formula is C7H11BrO2. The summed E-state index contributed by atoms with van der Waals surface area (Å²) >= 11 is 3.36. The zero-order valence-electron chi connectivity index (χ0n) is 5.97. The van der Waals surface area contributed by atoms with Crippen LogP contribution in [0, 0.1) is 11.8 Å². The van der Waals surface area contributed by atoms with E-state index in [2.05, 4.69) is 20.7 Å². The van der Waals surface area contributed by atoms with Crippen molar-refractivity contribution in [2.45, 2.75) is 12.8 Å². The molecule has 3 heteroatoms. The maximum absolute atomic E-state index is 10.9. The molecule has 0 aliphatic heterocycles. The topological polar surface area (TPSA) is 26.3 Å². The first-order valence-electron chi connectivity index (χ1n) is 3.43. The van der Waals surface area contributed by atoms with E-state index < -0.39 is 0 Å². The van der Waals surface area contributed by atoms with Crippen LogP contribution in [0.25, 0.3) is 0 Å². The highest BCUT2D eigenvalue weighted by atomic mass is 79.9. The summed E-state index contributed by atoms with van der Waals surface area (Å²) in [6, 6.07) is 0. The Morgan fingerprint density at radius 2 is 2.40 bits per heavy atom. The Balaban J connectivity index is 2.35. The van der Waals surface area contributed by atoms with E-state index in [-0.39, 0.29) is 11.9 Å². The van der Waals surface area contributed by atoms with Crippen LogP contribution < -0.4 is 0 Å². The molecule has 0 aromatic carbocycles. The third-order valence-corrected chi connectivity index (χ3v) is 2.95. The van der Waals surface area contributed by atoms with E-state index in [1.807, 2.05) is 0 Å². The zero-order valence-corrected chi connectivity index (χ0v) is 7.56. The number of carbonyl (C=O) groups is 1. The van der Waals surface area contributed by atoms with Gasteiger partial charge in [0.1, 0.15) is 0 Å². The number of hydrogen-bond acceptors (Lipinski definition) is 2. The van der Waals surface area contributed by atoms with Crippen LogP contribution >= 0.6 is 15.9 Å². The molecular weight excluding hydrogens is 196 g/mol. The lowest BCUT2D eigenvalue weighted by Crippen LogP contribution is -2.34. The van der Waals surface area contributed by atoms with Crippen LogP contribution in [-0.4, -0.2) is 18.4 Å². The Bertz CT molecular complexity index is 134. The Morgan fingerprint density at radius 3 is 2.70 bits per heavy atom. The lowest BCUT2D eigenvalue weighted by atomic mass is 9.75. The number of ether oxygens (including phenoxy) is 1. The van der Waals surface area contributed by atoms with Crippen molar-refractivity contribution in [1.82, 2.24) is 0 Å². The fraction of sp³-hybridized carbons (Fsp3) is 0.857. The molecule has 0 spiro atoms. The monoisotopic (exact) mass is 206 g/mol. The van der Waals surface area contributed by atoms with Gasteiger partial charge in [0.25, 0.3) is 0 Å². The summed E-state index contributed by atoms with van der Waals surface area (Å²) in [7, 11) is 1.45. The van der Waals surface area contributed by atoms with Crippen LogP contribution in [-0.2, 0) is 9.53 Å². The molecule has 58 valence electrons. The Kier molecular flexibility index (Phi) is 2.72. The van der Waals surface area contributed by atoms with Gasteiger partial charge in [0.2, 0.25) is 0 Å². The number of hydrogen-bond donors (Lipinski definition) is 0. The van der Waals surface area contributed by atoms with Crippen molar-refractivity contribution in [2.75, 3.05) is 12.4 Å². The summed E-state index contributed by atoms with van der Waals surface area (Å²) in [6.45, 7) is 0. The Hall–Kier alpha value is -0.0500. The number of alkyl halides is 1. The molecule has 2 nitrogen and oxygen atoms in total. The lowest BCUT2D eigenvalue weighted by molar-refractivity contribution is -0.150. The van der Waals surface area contributed by atoms with Crippen LogP contribution in [0.2, 0.25) is 0 Å². The standard InChI is InChI=1S/C7H11BrO2/c1-10-7(9)6-3-2-5(6)4-8/h5-6H,2-4H2,1H3/t5-,6+/m0/s1. The number of rotatable bonds is 2. The van der Waals surface area contributed by atoms with Gasteiger partial charge in [-0.2, -0.15) is 0 Å². The van der Waals surface area contributed by atoms with Crippen molar-refractivity contribution < 1.29 is 9.53 Å². The largest absolute Gasteiger partial charge is 0.469 e. The second-order valence-corrected chi connectivity index (χ2v) is 3.27. The van der Waals surface area contributed by atoms with E-state index in [0.29, 0.717) is 5.92 Å². The van der Waals surface area contributed by atoms with Crippen molar-refractivity contribution in [3.05, 3.63) is 0 Å². The number of esters is 1. The lowest BCUT2D eigenvalue weighted by Gasteiger charge is -2.32. The van der Waals surface area contributed by atoms with E-state index in [9.17, 15) is 4.79 Å². The van der Waals surface area contributed by atoms with Gasteiger partial charge in [-0.25, -0.2) is 0 Å². The predicted molar refractivity (Wildman–Crippen MR) is 42.0 cm³/mol. The van der Waals surface area contributed by atoms with Crippen LogP contribution in [0.15, 0.2) is 0 Å². The molecule has 2 atom stereocenters. The van der Waals surface area contributed by atoms with E-state index in [1.165, 1.54) is 7.11 Å². The van der Waals surface area contributed by atoms with Gasteiger partial charge in [-0.05, 0) is 18.8 Å². The van der Waals surface area contributed by atoms with E-state index in [4.69, 9.17) is 0 Å². The SMILES string of the molecule is COC(=O)[C@@H]1CC[C@H]1CBr. The molecule has 0 unspecified atom stereocenters. The van der Waals surface area contributed by atoms with E-state index in [1.54, 1.807) is 0 Å². The van der Waals surface area contributed by atoms with Crippen molar-refractivity contribution >= 4 is 21.9 Å². The maximum Gasteiger partial charge on any atom is 0.308 e. The normalized spacial score (nSPS) is 31.0. The molecule has 0 amide bonds. The minimum absolute atomic E-state index is 0.0456. The summed E-state index contributed by atoms with van der Waals surface area (Å²) in [5.74, 6) is 0.646. The maximum atomic E-state index is 10.9. The van der Waals surface area contributed by atoms with Gasteiger partial charge in [0.15, 0.2) is 0 Å². The van der Waals surface area contributed by atoms with Gasteiger partial charge in [0, 0.05) is 5.33 Å². The summed E-state index contributed by atoms with van der Waals surface area (Å²) in [6.07, 6.45) is 2.16. The first-order valence-corrected chi connectivity index (χ1v) is 4.55. The predicted octanol–water partition coefficient (Wildman–Crippen LogP) is 1.58. The van der Waals surface area contributed by atoms with Gasteiger partial charge in [-0.15, -0.1) is 0 Å². The van der Waals surface area contributed by atoms with Crippen LogP contribution in [0.3, 0.4) is 0 Å². The molecule has 0 heterocycles. The van der Waals surface area contributed by atoms with Crippen LogP contribution in [0.4, 0.5) is 0 Å². The van der Waals surface area contributed by atoms with Gasteiger partial charge >= 0.3 is 5.97 Å². The molecule has 0 N–H and O–H groups in total. The summed E-state index contributed by atoms with van der Waals surface area (Å²) in [4.78, 5) is 10.9. The van der Waals surface area contributed by atoms with Gasteiger partial charge in [0.05, 0.1) is 13.0 Å². The van der Waals surface area contributed by atoms with Crippen molar-refractivity contribution in [3.8, 4) is 0 Å². The highest BCUT2D eigenvalue weighted by Crippen LogP contribution is 2.36. The van der Waals surface area contributed by atoms with Crippen molar-refractivity contribution in [1.29, 1.82) is 0 Å². The van der Waals surface area contributed by atoms with Gasteiger partial charge in [-0.3, -0.25) is 4.79 Å². The van der Waals surface area contributed by atoms with Gasteiger partial charge < -0.3 is 4.74 Å². The smallest absolute Gasteiger partial charge is 0.308 e. The fourth-order valence-electron chi connectivity index (χ4n) is 1.22.